The van der Waals surface area contributed by atoms with Crippen molar-refractivity contribution in [2.45, 2.75) is 26.1 Å². The lowest BCUT2D eigenvalue weighted by Gasteiger charge is -2.22. The van der Waals surface area contributed by atoms with Crippen LogP contribution in [0.15, 0.2) is 42.5 Å². The summed E-state index contributed by atoms with van der Waals surface area (Å²) in [6.45, 7) is 4.89. The van der Waals surface area contributed by atoms with Crippen LogP contribution in [0.2, 0.25) is 0 Å². The first-order chi connectivity index (χ1) is 10.2. The van der Waals surface area contributed by atoms with E-state index in [0.717, 1.165) is 30.9 Å². The summed E-state index contributed by atoms with van der Waals surface area (Å²) in [6, 6.07) is 14.8. The largest absolute Gasteiger partial charge is 0.496 e. The Morgan fingerprint density at radius 2 is 1.81 bits per heavy atom. The molecule has 110 valence electrons. The van der Waals surface area contributed by atoms with Crippen molar-refractivity contribution in [1.29, 1.82) is 0 Å². The fourth-order valence-corrected chi connectivity index (χ4v) is 3.05. The van der Waals surface area contributed by atoms with E-state index in [4.69, 9.17) is 10.5 Å². The Morgan fingerprint density at radius 1 is 1.14 bits per heavy atom. The highest BCUT2D eigenvalue weighted by Crippen LogP contribution is 2.28. The van der Waals surface area contributed by atoms with Gasteiger partial charge in [0.05, 0.1) is 7.11 Å². The van der Waals surface area contributed by atoms with E-state index in [1.165, 1.54) is 16.7 Å². The second-order valence-corrected chi connectivity index (χ2v) is 5.79. The molecule has 3 rings (SSSR count). The number of methoxy groups -OCH3 is 1. The Labute approximate surface area is 126 Å². The summed E-state index contributed by atoms with van der Waals surface area (Å²) in [5.74, 6) is 0.879. The molecule has 0 aromatic heterocycles. The van der Waals surface area contributed by atoms with E-state index < -0.39 is 0 Å². The molecular formula is C18H22N2O. The zero-order valence-corrected chi connectivity index (χ0v) is 12.7. The molecule has 0 saturated carbocycles. The summed E-state index contributed by atoms with van der Waals surface area (Å²) in [4.78, 5) is 2.40. The Balaban J connectivity index is 1.73. The van der Waals surface area contributed by atoms with E-state index in [0.29, 0.717) is 0 Å². The van der Waals surface area contributed by atoms with Crippen molar-refractivity contribution in [1.82, 2.24) is 4.90 Å². The molecule has 21 heavy (non-hydrogen) atoms. The van der Waals surface area contributed by atoms with Crippen molar-refractivity contribution in [3.63, 3.8) is 0 Å². The van der Waals surface area contributed by atoms with Gasteiger partial charge in [-0.25, -0.2) is 0 Å². The summed E-state index contributed by atoms with van der Waals surface area (Å²) >= 11 is 0. The maximum absolute atomic E-state index is 6.43. The number of nitrogens with two attached hydrogens (primary N) is 1. The molecule has 1 heterocycles. The molecule has 3 heteroatoms. The Kier molecular flexibility index (Phi) is 3.95. The topological polar surface area (TPSA) is 38.5 Å². The third kappa shape index (κ3) is 2.94. The monoisotopic (exact) mass is 282 g/mol. The quantitative estimate of drug-likeness (QED) is 0.937. The Morgan fingerprint density at radius 3 is 2.43 bits per heavy atom. The van der Waals surface area contributed by atoms with Crippen LogP contribution in [0.25, 0.3) is 0 Å². The summed E-state index contributed by atoms with van der Waals surface area (Å²) in [5, 5.41) is 0. The minimum absolute atomic E-state index is 0.0332. The van der Waals surface area contributed by atoms with Crippen molar-refractivity contribution in [2.24, 2.45) is 5.73 Å². The van der Waals surface area contributed by atoms with E-state index in [-0.39, 0.29) is 6.04 Å². The van der Waals surface area contributed by atoms with Crippen LogP contribution < -0.4 is 10.5 Å². The molecule has 2 aromatic rings. The van der Waals surface area contributed by atoms with E-state index >= 15 is 0 Å². The first-order valence-corrected chi connectivity index (χ1v) is 7.36. The minimum atomic E-state index is -0.0332. The van der Waals surface area contributed by atoms with Crippen LogP contribution in [0.1, 0.15) is 28.3 Å². The first kappa shape index (κ1) is 14.1. The molecular weight excluding hydrogens is 260 g/mol. The van der Waals surface area contributed by atoms with Gasteiger partial charge in [-0.15, -0.1) is 0 Å². The van der Waals surface area contributed by atoms with Gasteiger partial charge in [0.15, 0.2) is 0 Å². The Bertz CT molecular complexity index is 614. The number of hydrogen-bond donors (Lipinski definition) is 1. The predicted molar refractivity (Wildman–Crippen MR) is 85.2 cm³/mol. The lowest BCUT2D eigenvalue weighted by atomic mass is 10.0. The summed E-state index contributed by atoms with van der Waals surface area (Å²) in [6.07, 6.45) is 0. The third-order valence-electron chi connectivity index (χ3n) is 4.15. The average Bonchev–Trinajstić information content (AvgIpc) is 2.89. The van der Waals surface area contributed by atoms with Crippen molar-refractivity contribution in [3.05, 3.63) is 64.7 Å². The van der Waals surface area contributed by atoms with Gasteiger partial charge < -0.3 is 10.5 Å². The molecule has 1 atom stereocenters. The van der Waals surface area contributed by atoms with Crippen LogP contribution in [0.3, 0.4) is 0 Å². The molecule has 0 bridgehead atoms. The predicted octanol–water partition coefficient (Wildman–Crippen LogP) is 3.02. The number of fused-ring (bicyclic) bond motifs is 1. The van der Waals surface area contributed by atoms with Gasteiger partial charge in [-0.2, -0.15) is 0 Å². The van der Waals surface area contributed by atoms with Crippen LogP contribution in [0.5, 0.6) is 5.75 Å². The highest BCUT2D eigenvalue weighted by Gasteiger charge is 2.22. The molecule has 3 nitrogen and oxygen atoms in total. The SMILES string of the molecule is COc1ccc(C)cc1C(N)CN1Cc2ccccc2C1. The molecule has 0 fully saturated rings. The van der Waals surface area contributed by atoms with Crippen LogP contribution in [-0.4, -0.2) is 18.6 Å². The van der Waals surface area contributed by atoms with Crippen molar-refractivity contribution < 1.29 is 4.74 Å². The molecule has 0 saturated heterocycles. The normalized spacial score (nSPS) is 15.8. The third-order valence-corrected chi connectivity index (χ3v) is 4.15. The summed E-state index contributed by atoms with van der Waals surface area (Å²) in [5.41, 5.74) is 11.6. The molecule has 0 amide bonds. The Hall–Kier alpha value is -1.84. The van der Waals surface area contributed by atoms with Gasteiger partial charge in [0.1, 0.15) is 5.75 Å². The summed E-state index contributed by atoms with van der Waals surface area (Å²) in [7, 11) is 1.70. The van der Waals surface area contributed by atoms with Gasteiger partial charge in [-0.1, -0.05) is 42.0 Å². The molecule has 2 aromatic carbocycles. The number of hydrogen-bond acceptors (Lipinski definition) is 3. The van der Waals surface area contributed by atoms with Gasteiger partial charge in [-0.05, 0) is 24.1 Å². The van der Waals surface area contributed by atoms with Gasteiger partial charge in [-0.3, -0.25) is 4.90 Å². The van der Waals surface area contributed by atoms with Crippen LogP contribution in [0.4, 0.5) is 0 Å². The maximum atomic E-state index is 6.43. The van der Waals surface area contributed by atoms with Gasteiger partial charge >= 0.3 is 0 Å². The lowest BCUT2D eigenvalue weighted by molar-refractivity contribution is 0.263. The van der Waals surface area contributed by atoms with E-state index in [9.17, 15) is 0 Å². The molecule has 0 spiro atoms. The minimum Gasteiger partial charge on any atom is -0.496 e. The van der Waals surface area contributed by atoms with E-state index in [1.807, 2.05) is 6.07 Å². The van der Waals surface area contributed by atoms with Crippen LogP contribution in [-0.2, 0) is 13.1 Å². The molecule has 1 aliphatic rings. The number of aryl methyl sites for hydroxylation is 1. The zero-order valence-electron chi connectivity index (χ0n) is 12.7. The standard InChI is InChI=1S/C18H22N2O/c1-13-7-8-18(21-2)16(9-13)17(19)12-20-10-14-5-3-4-6-15(14)11-20/h3-9,17H,10-12,19H2,1-2H3. The second kappa shape index (κ2) is 5.88. The van der Waals surface area contributed by atoms with Gasteiger partial charge in [0.25, 0.3) is 0 Å². The highest BCUT2D eigenvalue weighted by molar-refractivity contribution is 5.39. The second-order valence-electron chi connectivity index (χ2n) is 5.79. The van der Waals surface area contributed by atoms with Crippen molar-refractivity contribution >= 4 is 0 Å². The maximum Gasteiger partial charge on any atom is 0.123 e. The average molecular weight is 282 g/mol. The molecule has 1 aliphatic heterocycles. The molecule has 0 radical (unpaired) electrons. The fourth-order valence-electron chi connectivity index (χ4n) is 3.05. The zero-order chi connectivity index (χ0) is 14.8. The van der Waals surface area contributed by atoms with E-state index in [1.54, 1.807) is 7.11 Å². The fraction of sp³-hybridized carbons (Fsp3) is 0.333. The van der Waals surface area contributed by atoms with Crippen LogP contribution >= 0.6 is 0 Å². The number of nitrogens with zero attached hydrogens (tertiary/aromatic N) is 1. The molecule has 2 N–H and O–H groups in total. The van der Waals surface area contributed by atoms with Crippen molar-refractivity contribution in [3.8, 4) is 5.75 Å². The van der Waals surface area contributed by atoms with Gasteiger partial charge in [0.2, 0.25) is 0 Å². The smallest absolute Gasteiger partial charge is 0.123 e. The lowest BCUT2D eigenvalue weighted by Crippen LogP contribution is -2.28. The van der Waals surface area contributed by atoms with Gasteiger partial charge in [0, 0.05) is 31.2 Å². The van der Waals surface area contributed by atoms with Crippen molar-refractivity contribution in [2.75, 3.05) is 13.7 Å². The highest BCUT2D eigenvalue weighted by atomic mass is 16.5. The van der Waals surface area contributed by atoms with E-state index in [2.05, 4.69) is 48.2 Å². The first-order valence-electron chi connectivity index (χ1n) is 7.36. The summed E-state index contributed by atoms with van der Waals surface area (Å²) < 4.78 is 5.45. The molecule has 0 aliphatic carbocycles. The number of benzene rings is 2. The number of rotatable bonds is 4. The number of ether oxygens (including phenoxy) is 1. The molecule has 1 unspecified atom stereocenters. The van der Waals surface area contributed by atoms with Crippen LogP contribution in [0, 0.1) is 6.92 Å².